The van der Waals surface area contributed by atoms with Gasteiger partial charge in [0.2, 0.25) is 0 Å². The standard InChI is InChI=1S/C29H60O17P4/c1-6-13-23-19-25(29(3,4)5)27(44-23)21-43-49(35,36)40-16-17-41-50(37,38)46-26-20-24(14-7-2)45-28(26)22-42-47(30,31)18-12-10-8-9-11-15-39-48(32,33)34/h23-28H,6-22H2,1-5H3,(H,30,31)(H,35,36)(H,37,38)(H2,32,33,34). The first-order valence-electron chi connectivity index (χ1n) is 17.4. The molecule has 2 heterocycles. The number of hydrogen-bond donors (Lipinski definition) is 5. The van der Waals surface area contributed by atoms with E-state index in [4.69, 9.17) is 41.9 Å². The minimum atomic E-state index is -4.72. The summed E-state index contributed by atoms with van der Waals surface area (Å²) in [7, 11) is -17.8. The number of phosphoric ester groups is 3. The molecule has 0 aliphatic carbocycles. The highest BCUT2D eigenvalue weighted by atomic mass is 31.2. The van der Waals surface area contributed by atoms with E-state index in [1.807, 2.05) is 6.92 Å². The van der Waals surface area contributed by atoms with E-state index in [0.717, 1.165) is 25.7 Å². The molecule has 2 rings (SSSR count). The van der Waals surface area contributed by atoms with Gasteiger partial charge >= 0.3 is 31.1 Å². The molecule has 0 aromatic rings. The van der Waals surface area contributed by atoms with Gasteiger partial charge in [0.05, 0.1) is 51.3 Å². The minimum Gasteiger partial charge on any atom is -0.372 e. The number of phosphoric acid groups is 3. The number of hydrogen-bond acceptors (Lipinski definition) is 12. The topological polar surface area (TPSA) is 243 Å². The van der Waals surface area contributed by atoms with Gasteiger partial charge < -0.3 is 38.5 Å². The van der Waals surface area contributed by atoms with Gasteiger partial charge in [0.15, 0.2) is 0 Å². The summed E-state index contributed by atoms with van der Waals surface area (Å²) in [5, 5.41) is 0. The molecule has 0 saturated carbocycles. The van der Waals surface area contributed by atoms with Gasteiger partial charge in [-0.25, -0.2) is 13.7 Å². The molecule has 0 amide bonds. The van der Waals surface area contributed by atoms with Crippen molar-refractivity contribution >= 4 is 31.1 Å². The molecule has 9 atom stereocenters. The summed E-state index contributed by atoms with van der Waals surface area (Å²) in [5.74, 6) is 0.115. The van der Waals surface area contributed by atoms with E-state index in [9.17, 15) is 32.9 Å². The SMILES string of the molecule is CCCC1CC(OP(=O)(O)OCCOP(=O)(O)OCC2OC(CCC)CC2C(C)(C)C)C(COP(=O)(O)CCCCCCCOP(=O)(O)O)O1. The van der Waals surface area contributed by atoms with Gasteiger partial charge in [0.25, 0.3) is 0 Å². The van der Waals surface area contributed by atoms with E-state index >= 15 is 0 Å². The van der Waals surface area contributed by atoms with Gasteiger partial charge in [0, 0.05) is 12.6 Å². The van der Waals surface area contributed by atoms with E-state index in [1.165, 1.54) is 0 Å². The average Bonchev–Trinajstić information content (AvgIpc) is 3.57. The van der Waals surface area contributed by atoms with Crippen molar-refractivity contribution in [2.24, 2.45) is 11.3 Å². The van der Waals surface area contributed by atoms with E-state index < -0.39 is 56.5 Å². The summed E-state index contributed by atoms with van der Waals surface area (Å²) in [6.45, 7) is 8.54. The van der Waals surface area contributed by atoms with Crippen LogP contribution in [0.5, 0.6) is 0 Å². The van der Waals surface area contributed by atoms with Crippen molar-refractivity contribution in [3.05, 3.63) is 0 Å². The van der Waals surface area contributed by atoms with Gasteiger partial charge in [-0.15, -0.1) is 0 Å². The fourth-order valence-electron chi connectivity index (χ4n) is 6.07. The van der Waals surface area contributed by atoms with Gasteiger partial charge in [-0.05, 0) is 43.4 Å². The first-order valence-corrected chi connectivity index (χ1v) is 23.7. The average molecular weight is 805 g/mol. The Morgan fingerprint density at radius 2 is 1.18 bits per heavy atom. The van der Waals surface area contributed by atoms with Crippen LogP contribution in [0, 0.1) is 11.3 Å². The zero-order chi connectivity index (χ0) is 37.6. The summed E-state index contributed by atoms with van der Waals surface area (Å²) in [5.41, 5.74) is -0.102. The third-order valence-corrected chi connectivity index (χ3v) is 12.5. The van der Waals surface area contributed by atoms with Gasteiger partial charge in [-0.1, -0.05) is 66.7 Å². The molecular weight excluding hydrogens is 744 g/mol. The monoisotopic (exact) mass is 804 g/mol. The van der Waals surface area contributed by atoms with Crippen LogP contribution < -0.4 is 0 Å². The summed E-state index contributed by atoms with van der Waals surface area (Å²) in [4.78, 5) is 48.2. The fraction of sp³-hybridized carbons (Fsp3) is 1.00. The first-order chi connectivity index (χ1) is 23.2. The Balaban J connectivity index is 1.77. The molecule has 0 spiro atoms. The summed E-state index contributed by atoms with van der Waals surface area (Å²) in [6.07, 6.45) is 4.19. The van der Waals surface area contributed by atoms with Crippen LogP contribution in [0.15, 0.2) is 0 Å². The van der Waals surface area contributed by atoms with E-state index in [-0.39, 0.29) is 62.0 Å². The second-order valence-electron chi connectivity index (χ2n) is 13.9. The number of ether oxygens (including phenoxy) is 2. The third-order valence-electron chi connectivity index (χ3n) is 8.49. The van der Waals surface area contributed by atoms with Crippen LogP contribution in [-0.4, -0.2) is 94.2 Å². The minimum absolute atomic E-state index is 0.0480. The maximum Gasteiger partial charge on any atom is 0.472 e. The highest BCUT2D eigenvalue weighted by Gasteiger charge is 2.43. The second kappa shape index (κ2) is 21.5. The highest BCUT2D eigenvalue weighted by molar-refractivity contribution is 7.52. The Morgan fingerprint density at radius 1 is 0.640 bits per heavy atom. The first kappa shape index (κ1) is 46.6. The molecule has 21 heteroatoms. The zero-order valence-corrected chi connectivity index (χ0v) is 33.5. The van der Waals surface area contributed by atoms with Crippen molar-refractivity contribution in [3.8, 4) is 0 Å². The molecule has 298 valence electrons. The Hall–Kier alpha value is 0.400. The van der Waals surface area contributed by atoms with E-state index in [1.54, 1.807) is 0 Å². The lowest BCUT2D eigenvalue weighted by Gasteiger charge is -2.31. The third kappa shape index (κ3) is 19.1. The van der Waals surface area contributed by atoms with Gasteiger partial charge in [-0.2, -0.15) is 0 Å². The molecular formula is C29H60O17P4. The lowest BCUT2D eigenvalue weighted by molar-refractivity contribution is -0.0239. The van der Waals surface area contributed by atoms with Crippen LogP contribution in [0.1, 0.15) is 105 Å². The van der Waals surface area contributed by atoms with Crippen molar-refractivity contribution in [2.45, 2.75) is 136 Å². The molecule has 50 heavy (non-hydrogen) atoms. The smallest absolute Gasteiger partial charge is 0.372 e. The molecule has 2 saturated heterocycles. The molecule has 9 unspecified atom stereocenters. The predicted molar refractivity (Wildman–Crippen MR) is 183 cm³/mol. The zero-order valence-electron chi connectivity index (χ0n) is 29.9. The molecule has 0 aromatic heterocycles. The van der Waals surface area contributed by atoms with Crippen LogP contribution >= 0.6 is 31.1 Å². The van der Waals surface area contributed by atoms with Gasteiger partial charge in [0.1, 0.15) is 12.2 Å². The highest BCUT2D eigenvalue weighted by Crippen LogP contribution is 2.50. The Labute approximate surface area is 296 Å². The molecule has 2 aliphatic heterocycles. The van der Waals surface area contributed by atoms with Crippen molar-refractivity contribution in [1.82, 2.24) is 0 Å². The second-order valence-corrected chi connectivity index (χ2v) is 20.0. The van der Waals surface area contributed by atoms with Crippen LogP contribution in [0.3, 0.4) is 0 Å². The predicted octanol–water partition coefficient (Wildman–Crippen LogP) is 6.46. The molecule has 5 N–H and O–H groups in total. The summed E-state index contributed by atoms with van der Waals surface area (Å²) in [6, 6.07) is 0. The van der Waals surface area contributed by atoms with Crippen molar-refractivity contribution in [1.29, 1.82) is 0 Å². The fourth-order valence-corrected chi connectivity index (χ4v) is 9.21. The number of unbranched alkanes of at least 4 members (excludes halogenated alkanes) is 4. The molecule has 2 fully saturated rings. The molecule has 2 aliphatic rings. The lowest BCUT2D eigenvalue weighted by atomic mass is 9.76. The van der Waals surface area contributed by atoms with Crippen LogP contribution in [0.2, 0.25) is 0 Å². The Kier molecular flexibility index (Phi) is 20.0. The number of rotatable bonds is 26. The van der Waals surface area contributed by atoms with Crippen LogP contribution in [0.25, 0.3) is 0 Å². The van der Waals surface area contributed by atoms with Crippen molar-refractivity contribution < 1.29 is 79.3 Å². The van der Waals surface area contributed by atoms with Crippen molar-refractivity contribution in [3.63, 3.8) is 0 Å². The maximum absolute atomic E-state index is 12.8. The van der Waals surface area contributed by atoms with Crippen LogP contribution in [0.4, 0.5) is 0 Å². The van der Waals surface area contributed by atoms with Crippen LogP contribution in [-0.2, 0) is 54.9 Å². The quantitative estimate of drug-likeness (QED) is 0.0465. The largest absolute Gasteiger partial charge is 0.472 e. The molecule has 0 radical (unpaired) electrons. The molecule has 0 aromatic carbocycles. The Bertz CT molecular complexity index is 1180. The van der Waals surface area contributed by atoms with E-state index in [2.05, 4.69) is 32.2 Å². The molecule has 17 nitrogen and oxygen atoms in total. The van der Waals surface area contributed by atoms with Gasteiger partial charge in [-0.3, -0.25) is 27.2 Å². The normalized spacial score (nSPS) is 28.4. The molecule has 0 bridgehead atoms. The lowest BCUT2D eigenvalue weighted by Crippen LogP contribution is -2.31. The van der Waals surface area contributed by atoms with E-state index in [0.29, 0.717) is 38.5 Å². The Morgan fingerprint density at radius 3 is 1.78 bits per heavy atom. The maximum atomic E-state index is 12.8. The van der Waals surface area contributed by atoms with Crippen molar-refractivity contribution in [2.75, 3.05) is 39.2 Å². The summed E-state index contributed by atoms with van der Waals surface area (Å²) < 4.78 is 90.7. The summed E-state index contributed by atoms with van der Waals surface area (Å²) >= 11 is 0.